The number of likely N-dealkylation sites (N-methyl/N-ethyl adjacent to an activating group) is 1. The quantitative estimate of drug-likeness (QED) is 0.192. The van der Waals surface area contributed by atoms with Gasteiger partial charge in [-0.15, -0.1) is 0 Å². The molecular weight excluding hydrogens is 585 g/mol. The predicted molar refractivity (Wildman–Crippen MR) is 170 cm³/mol. The molecule has 9 heteroatoms. The second-order valence-corrected chi connectivity index (χ2v) is 11.3. The number of rotatable bonds is 10. The Bertz CT molecular complexity index is 1660. The predicted octanol–water partition coefficient (Wildman–Crippen LogP) is 6.96. The van der Waals surface area contributed by atoms with Gasteiger partial charge in [0.15, 0.2) is 0 Å². The van der Waals surface area contributed by atoms with Crippen LogP contribution in [0, 0.1) is 0 Å². The van der Waals surface area contributed by atoms with Crippen LogP contribution in [-0.4, -0.2) is 49.0 Å². The van der Waals surface area contributed by atoms with Gasteiger partial charge in [0.05, 0.1) is 20.8 Å². The number of pyridine rings is 1. The van der Waals surface area contributed by atoms with Crippen molar-refractivity contribution in [3.63, 3.8) is 0 Å². The molecule has 7 nitrogen and oxygen atoms in total. The fraction of sp³-hybridized carbons (Fsp3) is 0.265. The maximum absolute atomic E-state index is 14.5. The summed E-state index contributed by atoms with van der Waals surface area (Å²) in [5.74, 6) is 0.931. The fourth-order valence-corrected chi connectivity index (χ4v) is 6.11. The summed E-state index contributed by atoms with van der Waals surface area (Å²) in [5, 5.41) is 0.885. The van der Waals surface area contributed by atoms with E-state index in [-0.39, 0.29) is 18.4 Å². The topological polar surface area (TPSA) is 72.0 Å². The molecule has 2 heterocycles. The Balaban J connectivity index is 1.51. The van der Waals surface area contributed by atoms with Crippen molar-refractivity contribution in [3.05, 3.63) is 117 Å². The number of methoxy groups -OCH3 is 2. The van der Waals surface area contributed by atoms with Crippen LogP contribution in [0.5, 0.6) is 11.5 Å². The van der Waals surface area contributed by atoms with Crippen LogP contribution in [0.3, 0.4) is 0 Å². The van der Waals surface area contributed by atoms with Crippen molar-refractivity contribution in [2.24, 2.45) is 0 Å². The van der Waals surface area contributed by atoms with Crippen LogP contribution < -0.4 is 14.4 Å². The van der Waals surface area contributed by atoms with Gasteiger partial charge in [-0.1, -0.05) is 29.3 Å². The van der Waals surface area contributed by atoms with E-state index >= 15 is 0 Å². The minimum Gasteiger partial charge on any atom is -0.497 e. The van der Waals surface area contributed by atoms with E-state index < -0.39 is 5.41 Å². The van der Waals surface area contributed by atoms with Crippen molar-refractivity contribution >= 4 is 40.7 Å². The van der Waals surface area contributed by atoms with Gasteiger partial charge in [-0.25, -0.2) is 0 Å². The van der Waals surface area contributed by atoms with E-state index in [1.165, 1.54) is 0 Å². The van der Waals surface area contributed by atoms with Crippen molar-refractivity contribution < 1.29 is 19.1 Å². The molecule has 4 aromatic rings. The van der Waals surface area contributed by atoms with Crippen LogP contribution in [0.2, 0.25) is 10.0 Å². The number of benzene rings is 3. The average molecular weight is 619 g/mol. The first-order valence-corrected chi connectivity index (χ1v) is 14.8. The van der Waals surface area contributed by atoms with Crippen LogP contribution in [0.15, 0.2) is 79.0 Å². The van der Waals surface area contributed by atoms with Crippen molar-refractivity contribution in [1.29, 1.82) is 0 Å². The lowest BCUT2D eigenvalue weighted by atomic mass is 9.76. The summed E-state index contributed by atoms with van der Waals surface area (Å²) in [5.41, 5.74) is 2.95. The number of aromatic nitrogens is 1. The van der Waals surface area contributed by atoms with E-state index in [0.29, 0.717) is 63.4 Å². The lowest BCUT2D eigenvalue weighted by Gasteiger charge is -2.28. The van der Waals surface area contributed by atoms with Gasteiger partial charge in [0.1, 0.15) is 16.9 Å². The van der Waals surface area contributed by atoms with Gasteiger partial charge in [-0.2, -0.15) is 0 Å². The molecule has 222 valence electrons. The normalized spacial score (nSPS) is 15.8. The Morgan fingerprint density at radius 2 is 1.79 bits per heavy atom. The monoisotopic (exact) mass is 617 g/mol. The van der Waals surface area contributed by atoms with Gasteiger partial charge < -0.3 is 19.3 Å². The van der Waals surface area contributed by atoms with Crippen LogP contribution in [0.4, 0.5) is 5.69 Å². The third kappa shape index (κ3) is 5.79. The lowest BCUT2D eigenvalue weighted by Crippen LogP contribution is -2.39. The zero-order chi connectivity index (χ0) is 30.7. The number of hydrogen-bond acceptors (Lipinski definition) is 5. The molecule has 0 N–H and O–H groups in total. The highest BCUT2D eigenvalue weighted by Crippen LogP contribution is 2.49. The molecule has 0 saturated carbocycles. The van der Waals surface area contributed by atoms with E-state index in [1.807, 2.05) is 50.2 Å². The Morgan fingerprint density at radius 1 is 0.977 bits per heavy atom. The number of amides is 2. The van der Waals surface area contributed by atoms with E-state index in [1.54, 1.807) is 66.6 Å². The molecule has 43 heavy (non-hydrogen) atoms. The zero-order valence-corrected chi connectivity index (χ0v) is 26.1. The average Bonchev–Trinajstić information content (AvgIpc) is 3.23. The molecule has 1 unspecified atom stereocenters. The standard InChI is InChI=1S/C34H33Cl2N3O4/c1-5-38(17-15-25-8-6-7-16-37-25)32(40)22-10-13-29(36)27(18-22)34(2)28-19-24(35)11-14-30(28)39(33(34)41)21-23-9-12-26(42-3)20-31(23)43-4/h6-14,16,18-20H,5,15,17,21H2,1-4H3. The molecule has 0 aliphatic carbocycles. The van der Waals surface area contributed by atoms with Gasteiger partial charge in [0, 0.05) is 64.3 Å². The van der Waals surface area contributed by atoms with Crippen LogP contribution in [-0.2, 0) is 23.2 Å². The molecule has 0 fully saturated rings. The van der Waals surface area contributed by atoms with Gasteiger partial charge in [0.25, 0.3) is 5.91 Å². The van der Waals surface area contributed by atoms with Gasteiger partial charge in [0.2, 0.25) is 5.91 Å². The smallest absolute Gasteiger partial charge is 0.253 e. The molecule has 0 spiro atoms. The number of fused-ring (bicyclic) bond motifs is 1. The summed E-state index contributed by atoms with van der Waals surface area (Å²) < 4.78 is 11.0. The summed E-state index contributed by atoms with van der Waals surface area (Å²) in [7, 11) is 3.17. The van der Waals surface area contributed by atoms with Crippen molar-refractivity contribution in [1.82, 2.24) is 9.88 Å². The van der Waals surface area contributed by atoms with E-state index in [2.05, 4.69) is 4.98 Å². The molecular formula is C34H33Cl2N3O4. The third-order valence-corrected chi connectivity index (χ3v) is 8.63. The molecule has 1 aliphatic rings. The Kier molecular flexibility index (Phi) is 8.95. The maximum atomic E-state index is 14.5. The SMILES string of the molecule is CCN(CCc1ccccn1)C(=O)c1ccc(Cl)c(C2(C)C(=O)N(Cc3ccc(OC)cc3OC)c3ccc(Cl)cc32)c1. The molecule has 3 aromatic carbocycles. The largest absolute Gasteiger partial charge is 0.497 e. The van der Waals surface area contributed by atoms with Crippen molar-refractivity contribution in [2.45, 2.75) is 32.2 Å². The fourth-order valence-electron chi connectivity index (χ4n) is 5.63. The Hall–Kier alpha value is -4.07. The minimum absolute atomic E-state index is 0.142. The summed E-state index contributed by atoms with van der Waals surface area (Å²) in [4.78, 5) is 36.0. The highest BCUT2D eigenvalue weighted by Gasteiger charge is 2.50. The van der Waals surface area contributed by atoms with Crippen LogP contribution in [0.25, 0.3) is 0 Å². The maximum Gasteiger partial charge on any atom is 0.253 e. The van der Waals surface area contributed by atoms with Crippen LogP contribution >= 0.6 is 23.2 Å². The molecule has 2 amide bonds. The second-order valence-electron chi connectivity index (χ2n) is 10.5. The first kappa shape index (κ1) is 30.4. The Labute approximate surface area is 262 Å². The minimum atomic E-state index is -1.20. The van der Waals surface area contributed by atoms with Crippen LogP contribution in [0.1, 0.15) is 46.6 Å². The van der Waals surface area contributed by atoms with Gasteiger partial charge >= 0.3 is 0 Å². The summed E-state index contributed by atoms with van der Waals surface area (Å²) in [6, 6.07) is 21.8. The first-order valence-electron chi connectivity index (χ1n) is 14.0. The number of anilines is 1. The number of halogens is 2. The van der Waals surface area contributed by atoms with E-state index in [9.17, 15) is 9.59 Å². The Morgan fingerprint density at radius 3 is 2.49 bits per heavy atom. The summed E-state index contributed by atoms with van der Waals surface area (Å²) in [6.07, 6.45) is 2.38. The van der Waals surface area contributed by atoms with E-state index in [4.69, 9.17) is 32.7 Å². The molecule has 0 saturated heterocycles. The first-order chi connectivity index (χ1) is 20.7. The third-order valence-electron chi connectivity index (χ3n) is 8.07. The number of ether oxygens (including phenoxy) is 2. The highest BCUT2D eigenvalue weighted by atomic mass is 35.5. The molecule has 1 aromatic heterocycles. The number of hydrogen-bond donors (Lipinski definition) is 0. The molecule has 1 aliphatic heterocycles. The lowest BCUT2D eigenvalue weighted by molar-refractivity contribution is -0.121. The summed E-state index contributed by atoms with van der Waals surface area (Å²) >= 11 is 13.3. The number of carbonyl (C=O) groups is 2. The molecule has 0 bridgehead atoms. The molecule has 5 rings (SSSR count). The highest BCUT2D eigenvalue weighted by molar-refractivity contribution is 6.33. The summed E-state index contributed by atoms with van der Waals surface area (Å²) in [6.45, 7) is 5.07. The van der Waals surface area contributed by atoms with Crippen molar-refractivity contribution in [3.8, 4) is 11.5 Å². The molecule has 0 radical (unpaired) electrons. The second kappa shape index (κ2) is 12.7. The van der Waals surface area contributed by atoms with Gasteiger partial charge in [-0.3, -0.25) is 14.6 Å². The number of carbonyl (C=O) groups excluding carboxylic acids is 2. The van der Waals surface area contributed by atoms with Gasteiger partial charge in [-0.05, 0) is 85.6 Å². The molecule has 1 atom stereocenters. The zero-order valence-electron chi connectivity index (χ0n) is 24.6. The van der Waals surface area contributed by atoms with Crippen molar-refractivity contribution in [2.75, 3.05) is 32.2 Å². The van der Waals surface area contributed by atoms with E-state index in [0.717, 1.165) is 11.3 Å². The number of nitrogens with zero attached hydrogens (tertiary/aromatic N) is 3.